The Bertz CT molecular complexity index is 986. The molecular weight excluding hydrogens is 410 g/mol. The van der Waals surface area contributed by atoms with E-state index in [4.69, 9.17) is 21.1 Å². The number of benzene rings is 2. The van der Waals surface area contributed by atoms with Crippen LogP contribution >= 0.6 is 11.6 Å². The quantitative estimate of drug-likeness (QED) is 0.395. The zero-order valence-electron chi connectivity index (χ0n) is 16.6. The number of phenols is 1. The number of carbonyl (C=O) groups excluding carboxylic acids is 2. The second-order valence-corrected chi connectivity index (χ2v) is 7.09. The Hall–Kier alpha value is -3.03. The number of carbonyl (C=O) groups is 2. The van der Waals surface area contributed by atoms with Gasteiger partial charge in [-0.05, 0) is 48.9 Å². The first-order valence-corrected chi connectivity index (χ1v) is 9.75. The minimum atomic E-state index is -0.865. The summed E-state index contributed by atoms with van der Waals surface area (Å²) in [4.78, 5) is 27.0. The first kappa shape index (κ1) is 21.7. The lowest BCUT2D eigenvalue weighted by molar-refractivity contribution is -0.140. The molecule has 1 aliphatic rings. The third kappa shape index (κ3) is 4.13. The van der Waals surface area contributed by atoms with Crippen LogP contribution in [-0.2, 0) is 14.3 Å². The van der Waals surface area contributed by atoms with E-state index in [0.717, 1.165) is 0 Å². The molecule has 1 amide bonds. The maximum Gasteiger partial charge on any atom is 0.295 e. The van der Waals surface area contributed by atoms with Gasteiger partial charge in [-0.25, -0.2) is 0 Å². The summed E-state index contributed by atoms with van der Waals surface area (Å²) in [6.07, 6.45) is 0. The Morgan fingerprint density at radius 2 is 1.87 bits per heavy atom. The van der Waals surface area contributed by atoms with Crippen molar-refractivity contribution in [3.63, 3.8) is 0 Å². The van der Waals surface area contributed by atoms with Crippen LogP contribution in [0, 0.1) is 0 Å². The fourth-order valence-corrected chi connectivity index (χ4v) is 3.51. The van der Waals surface area contributed by atoms with E-state index >= 15 is 0 Å². The van der Waals surface area contributed by atoms with Gasteiger partial charge in [-0.2, -0.15) is 0 Å². The Labute approximate surface area is 179 Å². The number of ether oxygens (including phenoxy) is 2. The van der Waals surface area contributed by atoms with Gasteiger partial charge in [-0.3, -0.25) is 9.59 Å². The van der Waals surface area contributed by atoms with E-state index in [1.807, 2.05) is 0 Å². The maximum atomic E-state index is 12.9. The van der Waals surface area contributed by atoms with Gasteiger partial charge in [-0.1, -0.05) is 17.7 Å². The molecule has 0 radical (unpaired) electrons. The van der Waals surface area contributed by atoms with E-state index in [2.05, 4.69) is 0 Å². The van der Waals surface area contributed by atoms with Crippen molar-refractivity contribution in [3.05, 3.63) is 64.2 Å². The highest BCUT2D eigenvalue weighted by molar-refractivity contribution is 6.46. The molecule has 30 heavy (non-hydrogen) atoms. The summed E-state index contributed by atoms with van der Waals surface area (Å²) in [5, 5.41) is 21.4. The lowest BCUT2D eigenvalue weighted by Crippen LogP contribution is -2.32. The summed E-state index contributed by atoms with van der Waals surface area (Å²) < 4.78 is 10.5. The number of methoxy groups -OCH3 is 1. The highest BCUT2D eigenvalue weighted by Crippen LogP contribution is 2.41. The summed E-state index contributed by atoms with van der Waals surface area (Å²) in [6, 6.07) is 10.0. The number of likely N-dealkylation sites (tertiary alicyclic amines) is 1. The smallest absolute Gasteiger partial charge is 0.295 e. The molecule has 1 saturated heterocycles. The number of aliphatic hydroxyl groups is 1. The molecule has 0 aliphatic carbocycles. The fraction of sp³-hybridized carbons (Fsp3) is 0.273. The topological polar surface area (TPSA) is 96.3 Å². The number of rotatable bonds is 7. The standard InChI is InChI=1S/C22H22ClNO6/c1-3-30-17-12-14(6-9-16(17)25)19-18(20(26)13-4-7-15(23)8-5-13)21(27)22(28)24(19)10-11-29-2/h4-9,12,19,25-26H,3,10-11H2,1-2H3/t19-/m0/s1. The molecule has 0 saturated carbocycles. The second-order valence-electron chi connectivity index (χ2n) is 6.65. The number of ketones is 1. The molecule has 3 rings (SSSR count). The van der Waals surface area contributed by atoms with Gasteiger partial charge in [0.15, 0.2) is 11.5 Å². The molecule has 1 fully saturated rings. The Morgan fingerprint density at radius 3 is 2.50 bits per heavy atom. The van der Waals surface area contributed by atoms with Gasteiger partial charge in [-0.15, -0.1) is 0 Å². The van der Waals surface area contributed by atoms with Crippen LogP contribution in [0.2, 0.25) is 5.02 Å². The molecule has 0 spiro atoms. The Morgan fingerprint density at radius 1 is 1.17 bits per heavy atom. The molecule has 7 nitrogen and oxygen atoms in total. The van der Waals surface area contributed by atoms with Gasteiger partial charge in [0.1, 0.15) is 5.76 Å². The van der Waals surface area contributed by atoms with Crippen molar-refractivity contribution >= 4 is 29.1 Å². The molecule has 2 aromatic carbocycles. The number of Topliss-reactive ketones (excluding diaryl/α,β-unsaturated/α-hetero) is 1. The normalized spacial score (nSPS) is 18.1. The predicted octanol–water partition coefficient (Wildman–Crippen LogP) is 3.51. The van der Waals surface area contributed by atoms with Crippen molar-refractivity contribution < 1.29 is 29.3 Å². The minimum absolute atomic E-state index is 0.0495. The molecule has 1 atom stereocenters. The number of nitrogens with zero attached hydrogens (tertiary/aromatic N) is 1. The van der Waals surface area contributed by atoms with Gasteiger partial charge < -0.3 is 24.6 Å². The summed E-state index contributed by atoms with van der Waals surface area (Å²) in [6.45, 7) is 2.46. The predicted molar refractivity (Wildman–Crippen MR) is 112 cm³/mol. The van der Waals surface area contributed by atoms with Crippen molar-refractivity contribution in [2.45, 2.75) is 13.0 Å². The molecule has 8 heteroatoms. The van der Waals surface area contributed by atoms with E-state index in [0.29, 0.717) is 22.8 Å². The van der Waals surface area contributed by atoms with Crippen LogP contribution in [0.5, 0.6) is 11.5 Å². The summed E-state index contributed by atoms with van der Waals surface area (Å²) in [5.41, 5.74) is 0.826. The SMILES string of the molecule is CCOc1cc([C@H]2C(=C(O)c3ccc(Cl)cc3)C(=O)C(=O)N2CCOC)ccc1O. The second kappa shape index (κ2) is 9.19. The van der Waals surface area contributed by atoms with Crippen LogP contribution in [0.3, 0.4) is 0 Å². The molecule has 1 heterocycles. The zero-order chi connectivity index (χ0) is 21.8. The van der Waals surface area contributed by atoms with E-state index in [1.165, 1.54) is 18.1 Å². The molecule has 2 N–H and O–H groups in total. The highest BCUT2D eigenvalue weighted by Gasteiger charge is 2.46. The zero-order valence-corrected chi connectivity index (χ0v) is 17.3. The Balaban J connectivity index is 2.17. The van der Waals surface area contributed by atoms with Gasteiger partial charge in [0.05, 0.1) is 24.8 Å². The van der Waals surface area contributed by atoms with E-state index in [-0.39, 0.29) is 36.0 Å². The summed E-state index contributed by atoms with van der Waals surface area (Å²) in [7, 11) is 1.49. The number of halogens is 1. The highest BCUT2D eigenvalue weighted by atomic mass is 35.5. The molecule has 0 aromatic heterocycles. The summed E-state index contributed by atoms with van der Waals surface area (Å²) in [5.74, 6) is -1.68. The van der Waals surface area contributed by atoms with E-state index < -0.39 is 17.7 Å². The van der Waals surface area contributed by atoms with Crippen molar-refractivity contribution in [3.8, 4) is 11.5 Å². The number of aliphatic hydroxyl groups excluding tert-OH is 1. The molecule has 158 valence electrons. The van der Waals surface area contributed by atoms with Crippen molar-refractivity contribution in [2.24, 2.45) is 0 Å². The van der Waals surface area contributed by atoms with Crippen LogP contribution in [-0.4, -0.2) is 53.7 Å². The molecular formula is C22H22ClNO6. The van der Waals surface area contributed by atoms with Crippen LogP contribution in [0.4, 0.5) is 0 Å². The number of hydrogen-bond acceptors (Lipinski definition) is 6. The van der Waals surface area contributed by atoms with Gasteiger partial charge in [0.25, 0.3) is 11.7 Å². The number of hydrogen-bond donors (Lipinski definition) is 2. The van der Waals surface area contributed by atoms with E-state index in [1.54, 1.807) is 43.3 Å². The molecule has 2 aromatic rings. The minimum Gasteiger partial charge on any atom is -0.507 e. The summed E-state index contributed by atoms with van der Waals surface area (Å²) >= 11 is 5.92. The number of phenolic OH excluding ortho intramolecular Hbond substituents is 1. The van der Waals surface area contributed by atoms with Gasteiger partial charge in [0, 0.05) is 24.2 Å². The van der Waals surface area contributed by atoms with Crippen molar-refractivity contribution in [1.29, 1.82) is 0 Å². The van der Waals surface area contributed by atoms with Gasteiger partial charge in [0.2, 0.25) is 0 Å². The molecule has 0 unspecified atom stereocenters. The lowest BCUT2D eigenvalue weighted by Gasteiger charge is -2.25. The monoisotopic (exact) mass is 431 g/mol. The van der Waals surface area contributed by atoms with Gasteiger partial charge >= 0.3 is 0 Å². The van der Waals surface area contributed by atoms with Crippen LogP contribution in [0.25, 0.3) is 5.76 Å². The number of aromatic hydroxyl groups is 1. The van der Waals surface area contributed by atoms with Crippen LogP contribution in [0.15, 0.2) is 48.0 Å². The largest absolute Gasteiger partial charge is 0.507 e. The first-order valence-electron chi connectivity index (χ1n) is 9.38. The Kier molecular flexibility index (Phi) is 6.64. The first-order chi connectivity index (χ1) is 14.4. The average molecular weight is 432 g/mol. The maximum absolute atomic E-state index is 12.9. The lowest BCUT2D eigenvalue weighted by atomic mass is 9.95. The molecule has 1 aliphatic heterocycles. The van der Waals surface area contributed by atoms with Crippen LogP contribution < -0.4 is 4.74 Å². The van der Waals surface area contributed by atoms with Crippen LogP contribution in [0.1, 0.15) is 24.1 Å². The number of amides is 1. The van der Waals surface area contributed by atoms with Crippen molar-refractivity contribution in [1.82, 2.24) is 4.90 Å². The van der Waals surface area contributed by atoms with Crippen molar-refractivity contribution in [2.75, 3.05) is 26.9 Å². The third-order valence-electron chi connectivity index (χ3n) is 4.79. The molecule has 0 bridgehead atoms. The average Bonchev–Trinajstić information content (AvgIpc) is 2.98. The van der Waals surface area contributed by atoms with E-state index in [9.17, 15) is 19.8 Å². The fourth-order valence-electron chi connectivity index (χ4n) is 3.38. The third-order valence-corrected chi connectivity index (χ3v) is 5.05.